The second kappa shape index (κ2) is 8.32. The number of unbranched alkanes of at least 4 members (excludes halogenated alkanes) is 3. The number of nitrogens with one attached hydrogen (secondary N) is 1. The number of benzene rings is 1. The molecular weight excluding hydrogens is 278 g/mol. The Balaban J connectivity index is 1.88. The highest BCUT2D eigenvalue weighted by atomic mass is 16.1. The summed E-state index contributed by atoms with van der Waals surface area (Å²) in [5.74, 6) is 0.0288. The number of nitrogens with zero attached hydrogens (tertiary/aromatic N) is 2. The normalized spacial score (nSPS) is 10.8. The van der Waals surface area contributed by atoms with Crippen LogP contribution in [0.3, 0.4) is 0 Å². The van der Waals surface area contributed by atoms with E-state index in [1.807, 2.05) is 18.2 Å². The summed E-state index contributed by atoms with van der Waals surface area (Å²) in [6, 6.07) is 7.33. The average Bonchev–Trinajstić information content (AvgIpc) is 2.54. The molecule has 1 N–H and O–H groups in total. The predicted molar refractivity (Wildman–Crippen MR) is 87.8 cm³/mol. The van der Waals surface area contributed by atoms with E-state index < -0.39 is 0 Å². The van der Waals surface area contributed by atoms with E-state index in [0.717, 1.165) is 24.9 Å². The predicted octanol–water partition coefficient (Wildman–Crippen LogP) is 2.48. The van der Waals surface area contributed by atoms with Gasteiger partial charge in [-0.05, 0) is 18.6 Å². The highest BCUT2D eigenvalue weighted by Gasteiger charge is 2.06. The maximum atomic E-state index is 11.8. The van der Waals surface area contributed by atoms with Crippen LogP contribution in [0.2, 0.25) is 0 Å². The number of amides is 1. The van der Waals surface area contributed by atoms with Crippen LogP contribution in [0.5, 0.6) is 0 Å². The zero-order valence-electron chi connectivity index (χ0n) is 13.0. The van der Waals surface area contributed by atoms with Gasteiger partial charge in [-0.1, -0.05) is 38.3 Å². The fourth-order valence-electron chi connectivity index (χ4n) is 2.41. The Hall–Kier alpha value is -2.17. The average molecular weight is 301 g/mol. The standard InChI is InChI=1S/C17H23N3O2/c1-2-3-4-7-11-18-17(22)10-12-20-15-9-6-5-8-14(15)16(21)13-19-20/h5-6,8-9,13H,2-4,7,10-12H2,1H3,(H,18,22). The van der Waals surface area contributed by atoms with Crippen molar-refractivity contribution in [3.8, 4) is 0 Å². The van der Waals surface area contributed by atoms with Crippen LogP contribution in [-0.2, 0) is 11.3 Å². The number of hydrogen-bond donors (Lipinski definition) is 1. The Morgan fingerprint density at radius 2 is 2.05 bits per heavy atom. The van der Waals surface area contributed by atoms with Crippen molar-refractivity contribution in [3.05, 3.63) is 40.7 Å². The molecule has 0 aliphatic carbocycles. The molecule has 5 nitrogen and oxygen atoms in total. The van der Waals surface area contributed by atoms with E-state index in [1.54, 1.807) is 10.7 Å². The Morgan fingerprint density at radius 1 is 1.23 bits per heavy atom. The summed E-state index contributed by atoms with van der Waals surface area (Å²) in [6.45, 7) is 3.37. The monoisotopic (exact) mass is 301 g/mol. The molecule has 1 aromatic heterocycles. The van der Waals surface area contributed by atoms with E-state index >= 15 is 0 Å². The number of carbonyl (C=O) groups excluding carboxylic acids is 1. The summed E-state index contributed by atoms with van der Waals surface area (Å²) in [5.41, 5.74) is 0.679. The number of rotatable bonds is 8. The molecule has 2 aromatic rings. The third kappa shape index (κ3) is 4.41. The molecule has 2 rings (SSSR count). The maximum absolute atomic E-state index is 11.8. The molecule has 0 aliphatic rings. The lowest BCUT2D eigenvalue weighted by Crippen LogP contribution is -2.26. The van der Waals surface area contributed by atoms with Crippen LogP contribution < -0.4 is 10.7 Å². The highest BCUT2D eigenvalue weighted by Crippen LogP contribution is 2.08. The molecule has 0 saturated carbocycles. The molecule has 1 heterocycles. The zero-order chi connectivity index (χ0) is 15.8. The molecule has 1 amide bonds. The molecule has 0 unspecified atom stereocenters. The Kier molecular flexibility index (Phi) is 6.13. The van der Waals surface area contributed by atoms with Gasteiger partial charge in [-0.15, -0.1) is 0 Å². The fourth-order valence-corrected chi connectivity index (χ4v) is 2.41. The molecule has 0 aliphatic heterocycles. The second-order valence-electron chi connectivity index (χ2n) is 5.41. The van der Waals surface area contributed by atoms with Crippen molar-refractivity contribution in [1.82, 2.24) is 15.1 Å². The number of fused-ring (bicyclic) bond motifs is 1. The van der Waals surface area contributed by atoms with Crippen LogP contribution in [0.1, 0.15) is 39.0 Å². The van der Waals surface area contributed by atoms with Crippen molar-refractivity contribution in [3.63, 3.8) is 0 Å². The van der Waals surface area contributed by atoms with Gasteiger partial charge in [0.15, 0.2) is 0 Å². The SMILES string of the molecule is CCCCCCNC(=O)CCn1ncc(=O)c2ccccc21. The van der Waals surface area contributed by atoms with Crippen LogP contribution in [0.25, 0.3) is 10.9 Å². The van der Waals surface area contributed by atoms with Gasteiger partial charge >= 0.3 is 0 Å². The first-order valence-electron chi connectivity index (χ1n) is 7.94. The minimum atomic E-state index is -0.0905. The van der Waals surface area contributed by atoms with Gasteiger partial charge in [0.2, 0.25) is 11.3 Å². The first-order chi connectivity index (χ1) is 10.7. The maximum Gasteiger partial charge on any atom is 0.221 e. The van der Waals surface area contributed by atoms with Gasteiger partial charge in [0.25, 0.3) is 0 Å². The molecule has 5 heteroatoms. The number of aryl methyl sites for hydroxylation is 1. The van der Waals surface area contributed by atoms with Gasteiger partial charge in [0.05, 0.1) is 18.3 Å². The third-order valence-electron chi connectivity index (χ3n) is 3.67. The van der Waals surface area contributed by atoms with Gasteiger partial charge in [0.1, 0.15) is 0 Å². The fraction of sp³-hybridized carbons (Fsp3) is 0.471. The molecular formula is C17H23N3O2. The Bertz CT molecular complexity index is 679. The summed E-state index contributed by atoms with van der Waals surface area (Å²) < 4.78 is 1.72. The smallest absolute Gasteiger partial charge is 0.221 e. The van der Waals surface area contributed by atoms with Gasteiger partial charge in [-0.25, -0.2) is 0 Å². The van der Waals surface area contributed by atoms with Crippen LogP contribution in [-0.4, -0.2) is 22.2 Å². The van der Waals surface area contributed by atoms with Crippen molar-refractivity contribution in [2.45, 2.75) is 45.6 Å². The van der Waals surface area contributed by atoms with Crippen molar-refractivity contribution in [2.75, 3.05) is 6.54 Å². The second-order valence-corrected chi connectivity index (χ2v) is 5.41. The van der Waals surface area contributed by atoms with Crippen molar-refractivity contribution in [1.29, 1.82) is 0 Å². The van der Waals surface area contributed by atoms with Gasteiger partial charge in [-0.2, -0.15) is 5.10 Å². The van der Waals surface area contributed by atoms with E-state index in [0.29, 0.717) is 18.4 Å². The summed E-state index contributed by atoms with van der Waals surface area (Å²) in [6.07, 6.45) is 6.27. The molecule has 118 valence electrons. The lowest BCUT2D eigenvalue weighted by molar-refractivity contribution is -0.121. The number of carbonyl (C=O) groups is 1. The number of aromatic nitrogens is 2. The van der Waals surface area contributed by atoms with E-state index in [2.05, 4.69) is 17.3 Å². The van der Waals surface area contributed by atoms with E-state index in [9.17, 15) is 9.59 Å². The molecule has 22 heavy (non-hydrogen) atoms. The van der Waals surface area contributed by atoms with Crippen molar-refractivity contribution >= 4 is 16.8 Å². The molecule has 0 saturated heterocycles. The van der Waals surface area contributed by atoms with Gasteiger partial charge < -0.3 is 5.32 Å². The number of para-hydroxylation sites is 1. The molecule has 1 aromatic carbocycles. The molecule has 0 fully saturated rings. The van der Waals surface area contributed by atoms with Crippen molar-refractivity contribution < 1.29 is 4.79 Å². The highest BCUT2D eigenvalue weighted by molar-refractivity contribution is 5.78. The minimum Gasteiger partial charge on any atom is -0.356 e. The van der Waals surface area contributed by atoms with E-state index in [-0.39, 0.29) is 11.3 Å². The first-order valence-corrected chi connectivity index (χ1v) is 7.94. The summed E-state index contributed by atoms with van der Waals surface area (Å²) >= 11 is 0. The van der Waals surface area contributed by atoms with Gasteiger partial charge in [0, 0.05) is 18.4 Å². The lowest BCUT2D eigenvalue weighted by Gasteiger charge is -2.09. The van der Waals surface area contributed by atoms with Crippen LogP contribution in [0, 0.1) is 0 Å². The lowest BCUT2D eigenvalue weighted by atomic mass is 10.2. The van der Waals surface area contributed by atoms with Crippen LogP contribution in [0.4, 0.5) is 0 Å². The molecule has 0 spiro atoms. The molecule has 0 atom stereocenters. The summed E-state index contributed by atoms with van der Waals surface area (Å²) in [5, 5.41) is 7.69. The minimum absolute atomic E-state index is 0.0288. The van der Waals surface area contributed by atoms with E-state index in [1.165, 1.54) is 19.0 Å². The zero-order valence-corrected chi connectivity index (χ0v) is 13.0. The quantitative estimate of drug-likeness (QED) is 0.762. The van der Waals surface area contributed by atoms with E-state index in [4.69, 9.17) is 0 Å². The van der Waals surface area contributed by atoms with Crippen molar-refractivity contribution in [2.24, 2.45) is 0 Å². The summed E-state index contributed by atoms with van der Waals surface area (Å²) in [7, 11) is 0. The van der Waals surface area contributed by atoms with Crippen LogP contribution >= 0.6 is 0 Å². The largest absolute Gasteiger partial charge is 0.356 e. The number of hydrogen-bond acceptors (Lipinski definition) is 3. The van der Waals surface area contributed by atoms with Crippen LogP contribution in [0.15, 0.2) is 35.3 Å². The Labute approximate surface area is 130 Å². The Morgan fingerprint density at radius 3 is 2.86 bits per heavy atom. The molecule has 0 bridgehead atoms. The molecule has 0 radical (unpaired) electrons. The topological polar surface area (TPSA) is 64.0 Å². The third-order valence-corrected chi connectivity index (χ3v) is 3.67. The summed E-state index contributed by atoms with van der Waals surface area (Å²) in [4.78, 5) is 23.6. The first kappa shape index (κ1) is 16.2. The van der Waals surface area contributed by atoms with Gasteiger partial charge in [-0.3, -0.25) is 14.3 Å².